The Kier molecular flexibility index (Phi) is 3.09. The molecule has 90 valence electrons. The molecule has 0 unspecified atom stereocenters. The van der Waals surface area contributed by atoms with Crippen LogP contribution in [0.2, 0.25) is 0 Å². The zero-order chi connectivity index (χ0) is 13.1. The molecule has 0 aliphatic carbocycles. The Morgan fingerprint density at radius 3 is 2.00 bits per heavy atom. The lowest BCUT2D eigenvalue weighted by Crippen LogP contribution is -1.82. The van der Waals surface area contributed by atoms with Crippen LogP contribution < -0.4 is 0 Å². The van der Waals surface area contributed by atoms with E-state index in [0.717, 1.165) is 21.7 Å². The quantitative estimate of drug-likeness (QED) is 0.688. The van der Waals surface area contributed by atoms with Gasteiger partial charge in [0, 0.05) is 5.56 Å². The predicted octanol–water partition coefficient (Wildman–Crippen LogP) is 4.35. The highest BCUT2D eigenvalue weighted by Crippen LogP contribution is 2.34. The van der Waals surface area contributed by atoms with Crippen molar-refractivity contribution < 1.29 is 0 Å². The summed E-state index contributed by atoms with van der Waals surface area (Å²) in [6.45, 7) is 0. The molecule has 0 bridgehead atoms. The topological polar surface area (TPSA) is 36.7 Å². The number of benzene rings is 2. The molecule has 0 aliphatic rings. The predicted molar refractivity (Wildman–Crippen MR) is 77.7 cm³/mol. The summed E-state index contributed by atoms with van der Waals surface area (Å²) in [6.07, 6.45) is 0. The summed E-state index contributed by atoms with van der Waals surface area (Å²) in [4.78, 5) is 0.932. The van der Waals surface area contributed by atoms with E-state index in [-0.39, 0.29) is 0 Å². The Labute approximate surface area is 115 Å². The molecule has 2 aromatic carbocycles. The summed E-state index contributed by atoms with van der Waals surface area (Å²) in [5.41, 5.74) is 3.45. The first kappa shape index (κ1) is 11.6. The third-order valence-electron chi connectivity index (χ3n) is 2.89. The van der Waals surface area contributed by atoms with Crippen LogP contribution in [-0.4, -0.2) is 4.37 Å². The minimum atomic E-state index is 0.655. The fraction of sp³-hybridized carbons (Fsp3) is 0. The second-order valence-electron chi connectivity index (χ2n) is 4.08. The molecule has 1 heterocycles. The van der Waals surface area contributed by atoms with Crippen LogP contribution in [0, 0.1) is 11.3 Å². The average molecular weight is 262 g/mol. The largest absolute Gasteiger partial charge is 0.192 e. The smallest absolute Gasteiger partial charge is 0.103 e. The molecule has 19 heavy (non-hydrogen) atoms. The Bertz CT molecular complexity index is 667. The lowest BCUT2D eigenvalue weighted by atomic mass is 10.0. The van der Waals surface area contributed by atoms with Crippen molar-refractivity contribution in [2.45, 2.75) is 0 Å². The molecule has 0 fully saturated rings. The molecular weight excluding hydrogens is 252 g/mol. The number of hydrogen-bond acceptors (Lipinski definition) is 3. The molecular formula is C16H10N2S. The number of nitriles is 1. The van der Waals surface area contributed by atoms with Gasteiger partial charge in [-0.3, -0.25) is 0 Å². The summed E-state index contributed by atoms with van der Waals surface area (Å²) >= 11 is 1.38. The van der Waals surface area contributed by atoms with E-state index >= 15 is 0 Å². The van der Waals surface area contributed by atoms with Crippen molar-refractivity contribution in [2.75, 3.05) is 0 Å². The van der Waals surface area contributed by atoms with Crippen LogP contribution in [0.5, 0.6) is 0 Å². The van der Waals surface area contributed by atoms with Crippen molar-refractivity contribution in [3.8, 4) is 27.8 Å². The number of aromatic nitrogens is 1. The van der Waals surface area contributed by atoms with E-state index in [9.17, 15) is 5.26 Å². The monoisotopic (exact) mass is 262 g/mol. The third kappa shape index (κ3) is 2.14. The lowest BCUT2D eigenvalue weighted by molar-refractivity contribution is 1.46. The van der Waals surface area contributed by atoms with E-state index in [0.29, 0.717) is 5.56 Å². The Morgan fingerprint density at radius 2 is 1.42 bits per heavy atom. The number of hydrogen-bond donors (Lipinski definition) is 0. The van der Waals surface area contributed by atoms with Gasteiger partial charge in [-0.05, 0) is 17.1 Å². The first-order valence-electron chi connectivity index (χ1n) is 5.91. The van der Waals surface area contributed by atoms with Gasteiger partial charge < -0.3 is 0 Å². The van der Waals surface area contributed by atoms with Gasteiger partial charge in [0.2, 0.25) is 0 Å². The van der Waals surface area contributed by atoms with E-state index < -0.39 is 0 Å². The molecule has 0 radical (unpaired) electrons. The molecule has 3 heteroatoms. The Morgan fingerprint density at radius 1 is 0.842 bits per heavy atom. The highest BCUT2D eigenvalue weighted by atomic mass is 32.1. The van der Waals surface area contributed by atoms with Gasteiger partial charge in [-0.25, -0.2) is 0 Å². The summed E-state index contributed by atoms with van der Waals surface area (Å²) in [5, 5.41) is 9.43. The van der Waals surface area contributed by atoms with Crippen molar-refractivity contribution >= 4 is 11.5 Å². The average Bonchev–Trinajstić information content (AvgIpc) is 2.93. The van der Waals surface area contributed by atoms with Crippen LogP contribution in [0.3, 0.4) is 0 Å². The van der Waals surface area contributed by atoms with E-state index in [2.05, 4.69) is 10.4 Å². The maximum atomic E-state index is 9.43. The fourth-order valence-electron chi connectivity index (χ4n) is 1.97. The van der Waals surface area contributed by atoms with Crippen molar-refractivity contribution in [2.24, 2.45) is 0 Å². The standard InChI is InChI=1S/C16H10N2S/c17-11-14-15(12-7-3-1-4-8-12)18-19-16(14)13-9-5-2-6-10-13/h1-10H. The molecule has 0 aliphatic heterocycles. The van der Waals surface area contributed by atoms with Crippen molar-refractivity contribution in [1.29, 1.82) is 5.26 Å². The molecule has 0 saturated carbocycles. The molecule has 3 rings (SSSR count). The SMILES string of the molecule is N#Cc1c(-c2ccccc2)nsc1-c1ccccc1. The highest BCUT2D eigenvalue weighted by molar-refractivity contribution is 7.10. The second-order valence-corrected chi connectivity index (χ2v) is 4.85. The summed E-state index contributed by atoms with van der Waals surface area (Å²) in [7, 11) is 0. The van der Waals surface area contributed by atoms with Crippen LogP contribution >= 0.6 is 11.5 Å². The van der Waals surface area contributed by atoms with Gasteiger partial charge in [-0.1, -0.05) is 60.7 Å². The van der Waals surface area contributed by atoms with E-state index in [1.807, 2.05) is 60.7 Å². The van der Waals surface area contributed by atoms with E-state index in [1.54, 1.807) is 0 Å². The molecule has 0 spiro atoms. The van der Waals surface area contributed by atoms with Gasteiger partial charge in [0.1, 0.15) is 11.8 Å². The summed E-state index contributed by atoms with van der Waals surface area (Å²) in [6, 6.07) is 22.0. The van der Waals surface area contributed by atoms with E-state index in [1.165, 1.54) is 11.5 Å². The van der Waals surface area contributed by atoms with Gasteiger partial charge in [0.15, 0.2) is 0 Å². The maximum Gasteiger partial charge on any atom is 0.103 e. The first-order valence-corrected chi connectivity index (χ1v) is 6.68. The Hall–Kier alpha value is -2.44. The zero-order valence-electron chi connectivity index (χ0n) is 10.1. The van der Waals surface area contributed by atoms with Gasteiger partial charge >= 0.3 is 0 Å². The normalized spacial score (nSPS) is 10.1. The van der Waals surface area contributed by atoms with Gasteiger partial charge in [0.05, 0.1) is 10.4 Å². The van der Waals surface area contributed by atoms with Gasteiger partial charge in [-0.2, -0.15) is 9.64 Å². The molecule has 0 amide bonds. The van der Waals surface area contributed by atoms with Crippen LogP contribution in [-0.2, 0) is 0 Å². The van der Waals surface area contributed by atoms with Crippen LogP contribution in [0.25, 0.3) is 21.7 Å². The molecule has 3 aromatic rings. The van der Waals surface area contributed by atoms with Crippen LogP contribution in [0.15, 0.2) is 60.7 Å². The zero-order valence-corrected chi connectivity index (χ0v) is 10.9. The molecule has 0 N–H and O–H groups in total. The van der Waals surface area contributed by atoms with Crippen LogP contribution in [0.1, 0.15) is 5.56 Å². The van der Waals surface area contributed by atoms with Crippen LogP contribution in [0.4, 0.5) is 0 Å². The maximum absolute atomic E-state index is 9.43. The summed E-state index contributed by atoms with van der Waals surface area (Å²) < 4.78 is 4.45. The second kappa shape index (κ2) is 5.05. The van der Waals surface area contributed by atoms with Gasteiger partial charge in [-0.15, -0.1) is 0 Å². The van der Waals surface area contributed by atoms with Crippen molar-refractivity contribution in [3.05, 3.63) is 66.2 Å². The third-order valence-corrected chi connectivity index (χ3v) is 3.78. The summed E-state index contributed by atoms with van der Waals surface area (Å²) in [5.74, 6) is 0. The lowest BCUT2D eigenvalue weighted by Gasteiger charge is -1.99. The molecule has 0 atom stereocenters. The Balaban J connectivity index is 2.16. The minimum absolute atomic E-state index is 0.655. The van der Waals surface area contributed by atoms with E-state index in [4.69, 9.17) is 0 Å². The fourth-order valence-corrected chi connectivity index (χ4v) is 2.83. The molecule has 0 saturated heterocycles. The van der Waals surface area contributed by atoms with Crippen molar-refractivity contribution in [3.63, 3.8) is 0 Å². The molecule has 1 aromatic heterocycles. The molecule has 2 nitrogen and oxygen atoms in total. The number of rotatable bonds is 2. The first-order chi connectivity index (χ1) is 9.40. The van der Waals surface area contributed by atoms with Crippen molar-refractivity contribution in [1.82, 2.24) is 4.37 Å². The highest BCUT2D eigenvalue weighted by Gasteiger charge is 2.15. The van der Waals surface area contributed by atoms with Gasteiger partial charge in [0.25, 0.3) is 0 Å². The number of nitrogens with zero attached hydrogens (tertiary/aromatic N) is 2. The minimum Gasteiger partial charge on any atom is -0.192 e.